The maximum absolute atomic E-state index is 14.1. The summed E-state index contributed by atoms with van der Waals surface area (Å²) in [5, 5.41) is 10.5. The van der Waals surface area contributed by atoms with Gasteiger partial charge in [0.15, 0.2) is 0 Å². The summed E-state index contributed by atoms with van der Waals surface area (Å²) in [7, 11) is 0. The lowest BCUT2D eigenvalue weighted by molar-refractivity contribution is -0.119. The van der Waals surface area contributed by atoms with Crippen LogP contribution in [0.2, 0.25) is 0 Å². The van der Waals surface area contributed by atoms with E-state index in [2.05, 4.69) is 15.9 Å². The Morgan fingerprint density at radius 2 is 2.11 bits per heavy atom. The molecule has 1 aromatic rings. The van der Waals surface area contributed by atoms with E-state index in [1.165, 1.54) is 0 Å². The summed E-state index contributed by atoms with van der Waals surface area (Å²) in [4.78, 5) is 0. The van der Waals surface area contributed by atoms with Gasteiger partial charge in [0.05, 0.1) is 10.1 Å². The summed E-state index contributed by atoms with van der Waals surface area (Å²) < 4.78 is 20.2. The zero-order chi connectivity index (χ0) is 13.2. The summed E-state index contributed by atoms with van der Waals surface area (Å²) in [6, 6.07) is 5.00. The maximum atomic E-state index is 14.1. The number of aliphatic hydroxyl groups excluding tert-OH is 1. The van der Waals surface area contributed by atoms with Gasteiger partial charge in [-0.3, -0.25) is 0 Å². The van der Waals surface area contributed by atoms with E-state index in [-0.39, 0.29) is 0 Å². The highest BCUT2D eigenvalue weighted by atomic mass is 79.9. The van der Waals surface area contributed by atoms with Crippen LogP contribution in [0.1, 0.15) is 44.3 Å². The Balaban J connectivity index is 2.33. The summed E-state index contributed by atoms with van der Waals surface area (Å²) in [5.74, 6) is -0.393. The molecule has 1 N–H and O–H groups in total. The average Bonchev–Trinajstić information content (AvgIpc) is 2.82. The summed E-state index contributed by atoms with van der Waals surface area (Å²) >= 11 is 3.15. The number of hydrogen-bond acceptors (Lipinski definition) is 2. The predicted molar refractivity (Wildman–Crippen MR) is 71.9 cm³/mol. The van der Waals surface area contributed by atoms with Crippen molar-refractivity contribution in [3.63, 3.8) is 0 Å². The molecule has 0 aliphatic heterocycles. The van der Waals surface area contributed by atoms with Crippen molar-refractivity contribution in [2.24, 2.45) is 0 Å². The molecule has 0 heterocycles. The van der Waals surface area contributed by atoms with Crippen molar-refractivity contribution in [3.05, 3.63) is 34.1 Å². The van der Waals surface area contributed by atoms with Gasteiger partial charge in [-0.1, -0.05) is 25.0 Å². The first-order valence-electron chi connectivity index (χ1n) is 6.36. The van der Waals surface area contributed by atoms with E-state index in [9.17, 15) is 9.50 Å². The third-order valence-corrected chi connectivity index (χ3v) is 4.27. The van der Waals surface area contributed by atoms with Crippen molar-refractivity contribution in [2.75, 3.05) is 6.61 Å². The number of hydrogen-bond donors (Lipinski definition) is 1. The second kappa shape index (κ2) is 5.68. The molecule has 1 saturated carbocycles. The summed E-state index contributed by atoms with van der Waals surface area (Å²) in [6.45, 7) is 2.44. The molecule has 1 aliphatic rings. The topological polar surface area (TPSA) is 29.5 Å². The van der Waals surface area contributed by atoms with Gasteiger partial charge < -0.3 is 9.84 Å². The number of aliphatic hydroxyl groups is 1. The Morgan fingerprint density at radius 1 is 1.44 bits per heavy atom. The standard InChI is InChI=1S/C14H18BrFO2/c1-2-18-14(8-3-4-9-14)13(17)10-6-5-7-11(15)12(10)16/h5-7,13,17H,2-4,8-9H2,1H3. The van der Waals surface area contributed by atoms with Crippen LogP contribution >= 0.6 is 15.9 Å². The van der Waals surface area contributed by atoms with E-state index in [1.54, 1.807) is 18.2 Å². The van der Waals surface area contributed by atoms with Crippen LogP contribution in [0.5, 0.6) is 0 Å². The molecule has 18 heavy (non-hydrogen) atoms. The van der Waals surface area contributed by atoms with Crippen LogP contribution in [0.15, 0.2) is 22.7 Å². The Morgan fingerprint density at radius 3 is 2.72 bits per heavy atom. The van der Waals surface area contributed by atoms with E-state index in [1.807, 2.05) is 6.92 Å². The molecule has 4 heteroatoms. The van der Waals surface area contributed by atoms with E-state index in [0.29, 0.717) is 16.6 Å². The minimum atomic E-state index is -0.905. The number of rotatable bonds is 4. The predicted octanol–water partition coefficient (Wildman–Crippen LogP) is 3.97. The van der Waals surface area contributed by atoms with E-state index in [4.69, 9.17) is 4.74 Å². The zero-order valence-electron chi connectivity index (χ0n) is 10.5. The molecular weight excluding hydrogens is 299 g/mol. The number of halogens is 2. The van der Waals surface area contributed by atoms with Crippen LogP contribution in [0.4, 0.5) is 4.39 Å². The normalized spacial score (nSPS) is 20.0. The highest BCUT2D eigenvalue weighted by Gasteiger charge is 2.43. The molecule has 0 radical (unpaired) electrons. The van der Waals surface area contributed by atoms with Crippen molar-refractivity contribution in [3.8, 4) is 0 Å². The fourth-order valence-electron chi connectivity index (χ4n) is 2.77. The molecule has 2 rings (SSSR count). The molecule has 0 bridgehead atoms. The summed E-state index contributed by atoms with van der Waals surface area (Å²) in [6.07, 6.45) is 2.71. The van der Waals surface area contributed by atoms with Gasteiger partial charge >= 0.3 is 0 Å². The van der Waals surface area contributed by atoms with Crippen molar-refractivity contribution < 1.29 is 14.2 Å². The molecule has 1 aromatic carbocycles. The number of ether oxygens (including phenoxy) is 1. The third kappa shape index (κ3) is 2.46. The minimum Gasteiger partial charge on any atom is -0.385 e. The Labute approximate surface area is 115 Å². The van der Waals surface area contributed by atoms with E-state index < -0.39 is 17.5 Å². The molecule has 100 valence electrons. The smallest absolute Gasteiger partial charge is 0.143 e. The molecule has 1 atom stereocenters. The molecule has 0 spiro atoms. The molecule has 0 aromatic heterocycles. The van der Waals surface area contributed by atoms with Crippen LogP contribution in [-0.4, -0.2) is 17.3 Å². The first kappa shape index (κ1) is 14.0. The third-order valence-electron chi connectivity index (χ3n) is 3.66. The Kier molecular flexibility index (Phi) is 4.41. The minimum absolute atomic E-state index is 0.319. The van der Waals surface area contributed by atoms with Gasteiger partial charge in [0, 0.05) is 12.2 Å². The highest BCUT2D eigenvalue weighted by molar-refractivity contribution is 9.10. The average molecular weight is 317 g/mol. The fraction of sp³-hybridized carbons (Fsp3) is 0.571. The van der Waals surface area contributed by atoms with Crippen LogP contribution in [0, 0.1) is 5.82 Å². The molecule has 2 nitrogen and oxygen atoms in total. The summed E-state index contributed by atoms with van der Waals surface area (Å²) in [5.41, 5.74) is -0.296. The molecule has 1 aliphatic carbocycles. The van der Waals surface area contributed by atoms with Gasteiger partial charge in [0.2, 0.25) is 0 Å². The second-order valence-corrected chi connectivity index (χ2v) is 5.60. The lowest BCUT2D eigenvalue weighted by atomic mass is 9.89. The van der Waals surface area contributed by atoms with Crippen LogP contribution in [-0.2, 0) is 4.74 Å². The van der Waals surface area contributed by atoms with Crippen LogP contribution in [0.3, 0.4) is 0 Å². The van der Waals surface area contributed by atoms with E-state index >= 15 is 0 Å². The number of benzene rings is 1. The van der Waals surface area contributed by atoms with Crippen LogP contribution in [0.25, 0.3) is 0 Å². The van der Waals surface area contributed by atoms with Crippen molar-refractivity contribution >= 4 is 15.9 Å². The monoisotopic (exact) mass is 316 g/mol. The lowest BCUT2D eigenvalue weighted by Gasteiger charge is -2.34. The van der Waals surface area contributed by atoms with Gasteiger partial charge in [-0.15, -0.1) is 0 Å². The Bertz CT molecular complexity index is 416. The van der Waals surface area contributed by atoms with Gasteiger partial charge in [-0.2, -0.15) is 0 Å². The second-order valence-electron chi connectivity index (χ2n) is 4.75. The molecule has 0 saturated heterocycles. The van der Waals surface area contributed by atoms with Crippen LogP contribution < -0.4 is 0 Å². The highest BCUT2D eigenvalue weighted by Crippen LogP contribution is 2.44. The largest absolute Gasteiger partial charge is 0.385 e. The molecule has 1 unspecified atom stereocenters. The Hall–Kier alpha value is -0.450. The van der Waals surface area contributed by atoms with Gasteiger partial charge in [-0.25, -0.2) is 4.39 Å². The zero-order valence-corrected chi connectivity index (χ0v) is 12.0. The van der Waals surface area contributed by atoms with Gasteiger partial charge in [0.25, 0.3) is 0 Å². The SMILES string of the molecule is CCOC1(C(O)c2cccc(Br)c2F)CCCC1. The van der Waals surface area contributed by atoms with Crippen molar-refractivity contribution in [1.29, 1.82) is 0 Å². The van der Waals surface area contributed by atoms with Crippen molar-refractivity contribution in [2.45, 2.75) is 44.3 Å². The molecule has 0 amide bonds. The quantitative estimate of drug-likeness (QED) is 0.910. The molecule has 1 fully saturated rings. The fourth-order valence-corrected chi connectivity index (χ4v) is 3.15. The lowest BCUT2D eigenvalue weighted by Crippen LogP contribution is -2.37. The first-order valence-corrected chi connectivity index (χ1v) is 7.16. The van der Waals surface area contributed by atoms with Gasteiger partial charge in [0.1, 0.15) is 11.9 Å². The maximum Gasteiger partial charge on any atom is 0.143 e. The van der Waals surface area contributed by atoms with Crippen molar-refractivity contribution in [1.82, 2.24) is 0 Å². The first-order chi connectivity index (χ1) is 8.60. The van der Waals surface area contributed by atoms with Gasteiger partial charge in [-0.05, 0) is 41.8 Å². The molecular formula is C14H18BrFO2. The van der Waals surface area contributed by atoms with E-state index in [0.717, 1.165) is 25.7 Å².